The lowest BCUT2D eigenvalue weighted by Gasteiger charge is -2.30. The highest BCUT2D eigenvalue weighted by atomic mass is 32.1. The number of thiazole rings is 1. The Morgan fingerprint density at radius 2 is 1.73 bits per heavy atom. The lowest BCUT2D eigenvalue weighted by Crippen LogP contribution is -2.38. The average Bonchev–Trinajstić information content (AvgIpc) is 3.38. The van der Waals surface area contributed by atoms with Gasteiger partial charge in [-0.05, 0) is 77.6 Å². The lowest BCUT2D eigenvalue weighted by atomic mass is 9.83. The molecule has 0 fully saturated rings. The van der Waals surface area contributed by atoms with Gasteiger partial charge in [0.05, 0.1) is 33.9 Å². The van der Waals surface area contributed by atoms with Gasteiger partial charge in [0.1, 0.15) is 11.5 Å². The Morgan fingerprint density at radius 3 is 2.49 bits per heavy atom. The van der Waals surface area contributed by atoms with E-state index in [4.69, 9.17) is 14.5 Å². The summed E-state index contributed by atoms with van der Waals surface area (Å²) in [6.07, 6.45) is 3.25. The fraction of sp³-hybridized carbons (Fsp3) is 0.114. The Bertz CT molecular complexity index is 2200. The second kappa shape index (κ2) is 11.5. The number of rotatable bonds is 6. The van der Waals surface area contributed by atoms with E-state index in [0.717, 1.165) is 28.8 Å². The molecule has 0 amide bonds. The maximum atomic E-state index is 14.0. The summed E-state index contributed by atoms with van der Waals surface area (Å²) in [7, 11) is 1.56. The first-order valence-corrected chi connectivity index (χ1v) is 15.0. The Labute approximate surface area is 260 Å². The van der Waals surface area contributed by atoms with Gasteiger partial charge in [0, 0.05) is 17.7 Å². The number of hydrogen-bond acceptors (Lipinski definition) is 8. The highest BCUT2D eigenvalue weighted by molar-refractivity contribution is 7.07. The van der Waals surface area contributed by atoms with Crippen LogP contribution < -0.4 is 24.4 Å². The van der Waals surface area contributed by atoms with Crippen LogP contribution >= 0.6 is 11.3 Å². The van der Waals surface area contributed by atoms with Crippen molar-refractivity contribution < 1.29 is 19.2 Å². The number of nitro benzene ring substituents is 1. The number of ether oxygens (including phenoxy) is 2. The van der Waals surface area contributed by atoms with Crippen molar-refractivity contribution >= 4 is 34.8 Å². The Morgan fingerprint density at radius 1 is 0.978 bits per heavy atom. The number of carbonyl (C=O) groups excluding carboxylic acids is 1. The number of methoxy groups -OCH3 is 1. The van der Waals surface area contributed by atoms with Crippen molar-refractivity contribution in [2.45, 2.75) is 18.9 Å². The zero-order chi connectivity index (χ0) is 31.1. The maximum absolute atomic E-state index is 14.0. The number of nitrogens with zero attached hydrogens (tertiary/aromatic N) is 3. The van der Waals surface area contributed by atoms with Crippen LogP contribution in [0.1, 0.15) is 45.1 Å². The zero-order valence-electron chi connectivity index (χ0n) is 24.0. The number of hydrogen-bond donors (Lipinski definition) is 0. The number of allylic oxidation sites excluding steroid dienone is 1. The van der Waals surface area contributed by atoms with Crippen LogP contribution in [0.15, 0.2) is 112 Å². The van der Waals surface area contributed by atoms with Crippen LogP contribution in [-0.4, -0.2) is 22.6 Å². The monoisotopic (exact) mass is 615 g/mol. The van der Waals surface area contributed by atoms with E-state index in [1.54, 1.807) is 78.4 Å². The predicted molar refractivity (Wildman–Crippen MR) is 170 cm³/mol. The molecule has 0 spiro atoms. The topological polar surface area (TPSA) is 113 Å². The molecule has 0 unspecified atom stereocenters. The second-order valence-corrected chi connectivity index (χ2v) is 11.7. The number of aromatic nitrogens is 1. The SMILES string of the molecule is COc1ccc(C(=O)Oc2ccc(/C=c3/sc4n(c3=O)[C@H](c3cccc([N+](=O)[O-])c3)C3=C(N=4)c4ccccc4CC3)cc2)cc1. The molecule has 45 heavy (non-hydrogen) atoms. The van der Waals surface area contributed by atoms with Crippen molar-refractivity contribution in [3.05, 3.63) is 160 Å². The highest BCUT2D eigenvalue weighted by Crippen LogP contribution is 2.41. The van der Waals surface area contributed by atoms with Gasteiger partial charge in [-0.1, -0.05) is 59.9 Å². The summed E-state index contributed by atoms with van der Waals surface area (Å²) in [5, 5.41) is 11.7. The van der Waals surface area contributed by atoms with E-state index in [1.165, 1.54) is 23.0 Å². The van der Waals surface area contributed by atoms with E-state index in [-0.39, 0.29) is 11.2 Å². The number of aryl methyl sites for hydroxylation is 1. The van der Waals surface area contributed by atoms with Gasteiger partial charge >= 0.3 is 5.97 Å². The van der Waals surface area contributed by atoms with E-state index in [9.17, 15) is 19.7 Å². The van der Waals surface area contributed by atoms with E-state index in [1.807, 2.05) is 24.3 Å². The minimum Gasteiger partial charge on any atom is -0.497 e. The third kappa shape index (κ3) is 5.25. The molecule has 1 aliphatic heterocycles. The van der Waals surface area contributed by atoms with Crippen LogP contribution in [0.4, 0.5) is 5.69 Å². The summed E-state index contributed by atoms with van der Waals surface area (Å²) < 4.78 is 12.8. The van der Waals surface area contributed by atoms with Crippen molar-refractivity contribution in [1.29, 1.82) is 0 Å². The fourth-order valence-electron chi connectivity index (χ4n) is 5.81. The average molecular weight is 616 g/mol. The molecule has 2 heterocycles. The maximum Gasteiger partial charge on any atom is 0.343 e. The number of benzene rings is 4. The molecular weight excluding hydrogens is 590 g/mol. The molecular formula is C35H25N3O6S. The van der Waals surface area contributed by atoms with Crippen LogP contribution in [0.25, 0.3) is 11.8 Å². The lowest BCUT2D eigenvalue weighted by molar-refractivity contribution is -0.384. The summed E-state index contributed by atoms with van der Waals surface area (Å²) in [6.45, 7) is 0. The van der Waals surface area contributed by atoms with E-state index in [2.05, 4.69) is 6.07 Å². The van der Waals surface area contributed by atoms with Gasteiger partial charge in [-0.3, -0.25) is 19.5 Å². The minimum absolute atomic E-state index is 0.0298. The first kappa shape index (κ1) is 28.2. The second-order valence-electron chi connectivity index (χ2n) is 10.7. The van der Waals surface area contributed by atoms with Crippen molar-refractivity contribution in [1.82, 2.24) is 4.57 Å². The zero-order valence-corrected chi connectivity index (χ0v) is 24.8. The highest BCUT2D eigenvalue weighted by Gasteiger charge is 2.33. The van der Waals surface area contributed by atoms with Crippen LogP contribution in [0.3, 0.4) is 0 Å². The summed E-state index contributed by atoms with van der Waals surface area (Å²) >= 11 is 1.28. The molecule has 222 valence electrons. The molecule has 0 bridgehead atoms. The van der Waals surface area contributed by atoms with E-state index in [0.29, 0.717) is 38.4 Å². The molecule has 7 rings (SSSR count). The van der Waals surface area contributed by atoms with E-state index < -0.39 is 16.9 Å². The molecule has 1 aromatic heterocycles. The Kier molecular flexibility index (Phi) is 7.19. The molecule has 0 N–H and O–H groups in total. The summed E-state index contributed by atoms with van der Waals surface area (Å²) in [5.41, 5.74) is 5.54. The fourth-order valence-corrected chi connectivity index (χ4v) is 6.81. The van der Waals surface area contributed by atoms with Crippen LogP contribution in [-0.2, 0) is 6.42 Å². The van der Waals surface area contributed by atoms with Gasteiger partial charge < -0.3 is 9.47 Å². The standard InChI is InChI=1S/C35H25N3O6S/c1-43-26-16-11-23(12-17-26)34(40)44-27-14-9-21(10-15-27)19-30-33(39)37-32(24-6-4-7-25(20-24)38(41)42)29-18-13-22-5-2-3-8-28(22)31(29)36-35(37)45-30/h2-12,14-17,19-20,32H,13,18H2,1H3/b30-19+/t32-/m1/s1. The van der Waals surface area contributed by atoms with Crippen molar-refractivity contribution in [3.63, 3.8) is 0 Å². The quantitative estimate of drug-likeness (QED) is 0.109. The van der Waals surface area contributed by atoms with Gasteiger partial charge in [0.25, 0.3) is 11.2 Å². The number of nitro groups is 1. The molecule has 0 saturated heterocycles. The molecule has 0 radical (unpaired) electrons. The summed E-state index contributed by atoms with van der Waals surface area (Å²) in [5.74, 6) is 0.513. The minimum atomic E-state index is -0.522. The van der Waals surface area contributed by atoms with Crippen LogP contribution in [0.5, 0.6) is 11.5 Å². The molecule has 5 aromatic rings. The van der Waals surface area contributed by atoms with Crippen molar-refractivity contribution in [3.8, 4) is 11.5 Å². The molecule has 10 heteroatoms. The van der Waals surface area contributed by atoms with Crippen LogP contribution in [0.2, 0.25) is 0 Å². The Balaban J connectivity index is 1.27. The summed E-state index contributed by atoms with van der Waals surface area (Å²) in [6, 6.07) is 27.6. The first-order chi connectivity index (χ1) is 21.9. The number of non-ortho nitro benzene ring substituents is 1. The largest absolute Gasteiger partial charge is 0.497 e. The number of fused-ring (bicyclic) bond motifs is 3. The van der Waals surface area contributed by atoms with Gasteiger partial charge in [0.2, 0.25) is 0 Å². The number of esters is 1. The van der Waals surface area contributed by atoms with Crippen molar-refractivity contribution in [2.24, 2.45) is 4.99 Å². The first-order valence-electron chi connectivity index (χ1n) is 14.2. The third-order valence-corrected chi connectivity index (χ3v) is 8.97. The van der Waals surface area contributed by atoms with Gasteiger partial charge in [-0.25, -0.2) is 9.79 Å². The molecule has 2 aliphatic rings. The van der Waals surface area contributed by atoms with Gasteiger partial charge in [0.15, 0.2) is 4.80 Å². The molecule has 0 saturated carbocycles. The van der Waals surface area contributed by atoms with Crippen LogP contribution in [0, 0.1) is 10.1 Å². The third-order valence-electron chi connectivity index (χ3n) is 7.98. The molecule has 1 atom stereocenters. The van der Waals surface area contributed by atoms with E-state index >= 15 is 0 Å². The smallest absolute Gasteiger partial charge is 0.343 e. The molecule has 4 aromatic carbocycles. The predicted octanol–water partition coefficient (Wildman–Crippen LogP) is 5.45. The Hall–Kier alpha value is -5.61. The number of carbonyl (C=O) groups is 1. The molecule has 1 aliphatic carbocycles. The molecule has 9 nitrogen and oxygen atoms in total. The van der Waals surface area contributed by atoms with Crippen molar-refractivity contribution in [2.75, 3.05) is 7.11 Å². The normalized spacial score (nSPS) is 15.4. The van der Waals surface area contributed by atoms with Gasteiger partial charge in [-0.2, -0.15) is 0 Å². The summed E-state index contributed by atoms with van der Waals surface area (Å²) in [4.78, 5) is 43.3. The van der Waals surface area contributed by atoms with Gasteiger partial charge in [-0.15, -0.1) is 0 Å².